The molecule has 38 heavy (non-hydrogen) atoms. The Morgan fingerprint density at radius 1 is 1.03 bits per heavy atom. The Balaban J connectivity index is 1.68. The number of aryl methyl sites for hydroxylation is 2. The molecule has 0 aliphatic carbocycles. The monoisotopic (exact) mass is 524 g/mol. The van der Waals surface area contributed by atoms with E-state index in [9.17, 15) is 9.90 Å². The lowest BCUT2D eigenvalue weighted by Gasteiger charge is -2.28. The SMILES string of the molecule is Cc1ccc(C(=O)O)cc1-n1c(C)cc([C@H]2[C@H](c3ccccn3)NC(=S)N2c2ccc(C(C)C)cc2)c1C. The molecule has 2 aromatic carbocycles. The summed E-state index contributed by atoms with van der Waals surface area (Å²) in [6, 6.07) is 21.7. The van der Waals surface area contributed by atoms with Crippen LogP contribution in [0.3, 0.4) is 0 Å². The first kappa shape index (κ1) is 25.7. The van der Waals surface area contributed by atoms with E-state index in [2.05, 4.69) is 77.8 Å². The van der Waals surface area contributed by atoms with Crippen LogP contribution in [0.15, 0.2) is 72.9 Å². The first-order valence-electron chi connectivity index (χ1n) is 12.8. The number of pyridine rings is 1. The van der Waals surface area contributed by atoms with Gasteiger partial charge >= 0.3 is 5.97 Å². The summed E-state index contributed by atoms with van der Waals surface area (Å²) in [5.74, 6) is -0.501. The summed E-state index contributed by atoms with van der Waals surface area (Å²) in [6.45, 7) is 10.5. The van der Waals surface area contributed by atoms with Crippen LogP contribution in [0.25, 0.3) is 5.69 Å². The van der Waals surface area contributed by atoms with Gasteiger partial charge in [-0.2, -0.15) is 0 Å². The number of hydrogen-bond donors (Lipinski definition) is 2. The van der Waals surface area contributed by atoms with Gasteiger partial charge in [0, 0.05) is 29.0 Å². The molecule has 0 radical (unpaired) electrons. The zero-order chi connectivity index (χ0) is 27.1. The van der Waals surface area contributed by atoms with Crippen LogP contribution in [-0.4, -0.2) is 25.7 Å². The summed E-state index contributed by atoms with van der Waals surface area (Å²) in [6.07, 6.45) is 1.81. The molecule has 0 bridgehead atoms. The van der Waals surface area contributed by atoms with Gasteiger partial charge < -0.3 is 19.9 Å². The first-order chi connectivity index (χ1) is 18.2. The Morgan fingerprint density at radius 3 is 2.39 bits per heavy atom. The van der Waals surface area contributed by atoms with E-state index in [-0.39, 0.29) is 17.6 Å². The molecule has 1 saturated heterocycles. The predicted molar refractivity (Wildman–Crippen MR) is 155 cm³/mol. The fourth-order valence-electron chi connectivity index (χ4n) is 5.41. The fourth-order valence-corrected chi connectivity index (χ4v) is 5.76. The summed E-state index contributed by atoms with van der Waals surface area (Å²) in [5, 5.41) is 13.8. The van der Waals surface area contributed by atoms with Gasteiger partial charge in [0.25, 0.3) is 0 Å². The van der Waals surface area contributed by atoms with Crippen LogP contribution >= 0.6 is 12.2 Å². The van der Waals surface area contributed by atoms with Gasteiger partial charge in [0.1, 0.15) is 0 Å². The molecule has 4 aromatic rings. The number of rotatable bonds is 6. The van der Waals surface area contributed by atoms with Crippen LogP contribution in [0.2, 0.25) is 0 Å². The molecule has 1 aliphatic heterocycles. The Morgan fingerprint density at radius 2 is 1.76 bits per heavy atom. The number of thiocarbonyl (C=S) groups is 1. The number of aromatic carboxylic acids is 1. The van der Waals surface area contributed by atoms with Crippen molar-refractivity contribution in [1.29, 1.82) is 0 Å². The van der Waals surface area contributed by atoms with Crippen molar-refractivity contribution in [2.45, 2.75) is 52.6 Å². The van der Waals surface area contributed by atoms with E-state index in [0.717, 1.165) is 39.6 Å². The van der Waals surface area contributed by atoms with Crippen molar-refractivity contribution in [3.8, 4) is 5.69 Å². The predicted octanol–water partition coefficient (Wildman–Crippen LogP) is 6.80. The third-order valence-electron chi connectivity index (χ3n) is 7.42. The molecule has 7 heteroatoms. The lowest BCUT2D eigenvalue weighted by Crippen LogP contribution is -2.29. The molecule has 0 saturated carbocycles. The average Bonchev–Trinajstić information content (AvgIpc) is 3.39. The molecule has 0 spiro atoms. The molecule has 0 amide bonds. The highest BCUT2D eigenvalue weighted by molar-refractivity contribution is 7.80. The van der Waals surface area contributed by atoms with Crippen molar-refractivity contribution in [3.63, 3.8) is 0 Å². The molecule has 194 valence electrons. The second-order valence-electron chi connectivity index (χ2n) is 10.2. The van der Waals surface area contributed by atoms with E-state index < -0.39 is 5.97 Å². The number of aromatic nitrogens is 2. The number of nitrogens with one attached hydrogen (secondary N) is 1. The highest BCUT2D eigenvalue weighted by atomic mass is 32.1. The van der Waals surface area contributed by atoms with Crippen molar-refractivity contribution in [1.82, 2.24) is 14.9 Å². The molecule has 3 heterocycles. The molecule has 5 rings (SSSR count). The molecule has 0 unspecified atom stereocenters. The largest absolute Gasteiger partial charge is 0.478 e. The number of hydrogen-bond acceptors (Lipinski definition) is 3. The smallest absolute Gasteiger partial charge is 0.335 e. The summed E-state index contributed by atoms with van der Waals surface area (Å²) >= 11 is 5.92. The minimum absolute atomic E-state index is 0.148. The lowest BCUT2D eigenvalue weighted by atomic mass is 9.96. The molecular formula is C31H32N4O2S. The van der Waals surface area contributed by atoms with Crippen molar-refractivity contribution in [3.05, 3.63) is 112 Å². The van der Waals surface area contributed by atoms with Crippen LogP contribution in [-0.2, 0) is 0 Å². The molecule has 2 N–H and O–H groups in total. The average molecular weight is 525 g/mol. The molecule has 2 atom stereocenters. The van der Waals surface area contributed by atoms with Crippen molar-refractivity contribution < 1.29 is 9.90 Å². The number of carbonyl (C=O) groups is 1. The second-order valence-corrected chi connectivity index (χ2v) is 10.6. The maximum atomic E-state index is 11.7. The van der Waals surface area contributed by atoms with Crippen molar-refractivity contribution in [2.24, 2.45) is 0 Å². The molecule has 6 nitrogen and oxygen atoms in total. The lowest BCUT2D eigenvalue weighted by molar-refractivity contribution is 0.0697. The third kappa shape index (κ3) is 4.47. The Kier molecular flexibility index (Phi) is 6.80. The number of anilines is 1. The van der Waals surface area contributed by atoms with E-state index in [1.165, 1.54) is 5.56 Å². The number of nitrogens with zero attached hydrogens (tertiary/aromatic N) is 3. The van der Waals surface area contributed by atoms with Crippen LogP contribution in [0.5, 0.6) is 0 Å². The normalized spacial score (nSPS) is 17.2. The van der Waals surface area contributed by atoms with Gasteiger partial charge in [-0.3, -0.25) is 4.98 Å². The van der Waals surface area contributed by atoms with Gasteiger partial charge in [-0.05, 0) is 98.1 Å². The first-order valence-corrected chi connectivity index (χ1v) is 13.2. The molecule has 2 aromatic heterocycles. The van der Waals surface area contributed by atoms with Gasteiger partial charge in [-0.1, -0.05) is 38.1 Å². The van der Waals surface area contributed by atoms with E-state index in [0.29, 0.717) is 11.0 Å². The van der Waals surface area contributed by atoms with E-state index in [1.54, 1.807) is 18.3 Å². The highest BCUT2D eigenvalue weighted by Gasteiger charge is 2.42. The summed E-state index contributed by atoms with van der Waals surface area (Å²) in [4.78, 5) is 18.6. The minimum atomic E-state index is -0.939. The number of carboxylic acids is 1. The fraction of sp³-hybridized carbons (Fsp3) is 0.258. The van der Waals surface area contributed by atoms with Gasteiger partial charge in [-0.25, -0.2) is 4.79 Å². The summed E-state index contributed by atoms with van der Waals surface area (Å²) < 4.78 is 2.15. The minimum Gasteiger partial charge on any atom is -0.478 e. The molecular weight excluding hydrogens is 492 g/mol. The molecule has 1 aliphatic rings. The molecule has 1 fully saturated rings. The van der Waals surface area contributed by atoms with Gasteiger partial charge in [0.2, 0.25) is 0 Å². The Hall–Kier alpha value is -3.97. The second kappa shape index (κ2) is 10.1. The van der Waals surface area contributed by atoms with E-state index in [1.807, 2.05) is 31.2 Å². The van der Waals surface area contributed by atoms with Crippen LogP contribution < -0.4 is 10.2 Å². The standard InChI is InChI=1S/C31H32N4O2S/c1-18(2)22-11-13-24(14-12-22)35-29(28(33-31(35)38)26-8-6-7-15-32-26)25-16-20(4)34(21(25)5)27-17-23(30(36)37)10-9-19(27)3/h6-18,28-29H,1-5H3,(H,33,38)(H,36,37)/t28-,29-/m0/s1. The topological polar surface area (TPSA) is 70.4 Å². The van der Waals surface area contributed by atoms with Crippen LogP contribution in [0, 0.1) is 20.8 Å². The van der Waals surface area contributed by atoms with Crippen LogP contribution in [0.1, 0.15) is 76.0 Å². The maximum Gasteiger partial charge on any atom is 0.335 e. The quantitative estimate of drug-likeness (QED) is 0.271. The Bertz CT molecular complexity index is 1510. The highest BCUT2D eigenvalue weighted by Crippen LogP contribution is 2.44. The zero-order valence-electron chi connectivity index (χ0n) is 22.3. The summed E-state index contributed by atoms with van der Waals surface area (Å²) in [5.41, 5.74) is 8.51. The van der Waals surface area contributed by atoms with Crippen molar-refractivity contribution in [2.75, 3.05) is 4.90 Å². The van der Waals surface area contributed by atoms with Gasteiger partial charge in [0.05, 0.1) is 23.3 Å². The van der Waals surface area contributed by atoms with Crippen LogP contribution in [0.4, 0.5) is 5.69 Å². The number of carboxylic acid groups (broad SMARTS) is 1. The van der Waals surface area contributed by atoms with E-state index in [4.69, 9.17) is 12.2 Å². The van der Waals surface area contributed by atoms with E-state index >= 15 is 0 Å². The Labute approximate surface area is 229 Å². The van der Waals surface area contributed by atoms with Crippen molar-refractivity contribution >= 4 is 29.0 Å². The third-order valence-corrected chi connectivity index (χ3v) is 7.74. The number of benzene rings is 2. The van der Waals surface area contributed by atoms with Gasteiger partial charge in [-0.15, -0.1) is 0 Å². The zero-order valence-corrected chi connectivity index (χ0v) is 23.1. The van der Waals surface area contributed by atoms with Gasteiger partial charge in [0.15, 0.2) is 5.11 Å². The maximum absolute atomic E-state index is 11.7. The summed E-state index contributed by atoms with van der Waals surface area (Å²) in [7, 11) is 0.